The molecule has 4 N–H and O–H groups in total. The molecule has 0 aliphatic carbocycles. The van der Waals surface area contributed by atoms with Crippen LogP contribution in [0.4, 0.5) is 0 Å². The molecule has 0 bridgehead atoms. The second kappa shape index (κ2) is 64.1. The summed E-state index contributed by atoms with van der Waals surface area (Å²) in [6, 6.07) is 0. The van der Waals surface area contributed by atoms with Gasteiger partial charge in [0.2, 0.25) is 0 Å². The highest BCUT2D eigenvalue weighted by atomic mass is 31.2. The number of allylic oxidation sites excluding steroid dienone is 20. The first-order valence-electron chi connectivity index (χ1n) is 33.8. The molecule has 89 heavy (non-hydrogen) atoms. The number of aliphatic hydroxyl groups excluding tert-OH is 2. The zero-order valence-corrected chi connectivity index (χ0v) is 56.8. The van der Waals surface area contributed by atoms with E-state index >= 15 is 0 Å². The number of carbonyl (C=O) groups excluding carboxylic acids is 3. The lowest BCUT2D eigenvalue weighted by atomic mass is 10.1. The van der Waals surface area contributed by atoms with Crippen molar-refractivity contribution < 1.29 is 75.8 Å². The smallest absolute Gasteiger partial charge is 0.463 e. The number of esters is 3. The molecule has 0 aromatic rings. The van der Waals surface area contributed by atoms with Crippen LogP contribution in [0.2, 0.25) is 0 Å². The fraction of sp³-hybridized carbons (Fsp3) is 0.676. The third-order valence-electron chi connectivity index (χ3n) is 13.7. The number of unbranched alkanes of at least 4 members (excludes halogenated alkanes) is 20. The van der Waals surface area contributed by atoms with Gasteiger partial charge in [-0.15, -0.1) is 0 Å². The van der Waals surface area contributed by atoms with Gasteiger partial charge in [0.25, 0.3) is 0 Å². The van der Waals surface area contributed by atoms with E-state index in [1.807, 2.05) is 0 Å². The minimum Gasteiger partial charge on any atom is -0.463 e. The molecule has 0 rings (SSSR count). The van der Waals surface area contributed by atoms with Gasteiger partial charge in [-0.3, -0.25) is 32.5 Å². The van der Waals surface area contributed by atoms with E-state index in [0.29, 0.717) is 19.3 Å². The Morgan fingerprint density at radius 1 is 0.326 bits per heavy atom. The zero-order valence-electron chi connectivity index (χ0n) is 55.1. The highest BCUT2D eigenvalue weighted by molar-refractivity contribution is 7.47. The van der Waals surface area contributed by atoms with E-state index in [1.54, 1.807) is 0 Å². The first kappa shape index (κ1) is 85.0. The molecule has 0 heterocycles. The van der Waals surface area contributed by atoms with Crippen molar-refractivity contribution in [3.8, 4) is 0 Å². The lowest BCUT2D eigenvalue weighted by molar-refractivity contribution is -0.161. The molecular formula is C71H120O16P2. The van der Waals surface area contributed by atoms with Crippen LogP contribution in [-0.2, 0) is 55.8 Å². The molecule has 0 fully saturated rings. The average molecular weight is 1290 g/mol. The monoisotopic (exact) mass is 1290 g/mol. The first-order chi connectivity index (χ1) is 43.2. The predicted octanol–water partition coefficient (Wildman–Crippen LogP) is 18.6. The zero-order chi connectivity index (χ0) is 65.3. The molecular weight excluding hydrogens is 1170 g/mol. The molecule has 0 saturated carbocycles. The summed E-state index contributed by atoms with van der Waals surface area (Å²) in [5.41, 5.74) is 0. The third-order valence-corrected chi connectivity index (χ3v) is 15.6. The summed E-state index contributed by atoms with van der Waals surface area (Å²) >= 11 is 0. The van der Waals surface area contributed by atoms with Crippen molar-refractivity contribution in [2.75, 3.05) is 39.6 Å². The molecule has 0 aliphatic heterocycles. The van der Waals surface area contributed by atoms with Crippen LogP contribution in [0.1, 0.15) is 252 Å². The largest absolute Gasteiger partial charge is 0.472 e. The van der Waals surface area contributed by atoms with Crippen molar-refractivity contribution >= 4 is 33.6 Å². The molecule has 0 saturated heterocycles. The number of ether oxygens (including phenoxy) is 3. The Morgan fingerprint density at radius 2 is 0.596 bits per heavy atom. The van der Waals surface area contributed by atoms with Gasteiger partial charge in [0.15, 0.2) is 6.10 Å². The molecule has 0 amide bonds. The van der Waals surface area contributed by atoms with E-state index in [9.17, 15) is 43.5 Å². The van der Waals surface area contributed by atoms with E-state index in [1.165, 1.54) is 19.3 Å². The SMILES string of the molecule is CC/C=C\C/C=C\C/C=C\C/C=C\CCCCCCCCC(=O)OCC(O)COP(=O)(O)OCC(O)COP(=O)(O)OCC(COC(=O)CCCCCCCC/C=C\C/C=C\C/C=C\CCCCC)OC(=O)CCCCCCC/C=C\C/C=C\C/C=C\CC. The van der Waals surface area contributed by atoms with Crippen LogP contribution < -0.4 is 0 Å². The topological polar surface area (TPSA) is 231 Å². The minimum absolute atomic E-state index is 0.0787. The summed E-state index contributed by atoms with van der Waals surface area (Å²) in [5, 5.41) is 20.5. The second-order valence-corrected chi connectivity index (χ2v) is 25.1. The molecule has 510 valence electrons. The van der Waals surface area contributed by atoms with Gasteiger partial charge in [0.1, 0.15) is 25.4 Å². The fourth-order valence-corrected chi connectivity index (χ4v) is 10.1. The summed E-state index contributed by atoms with van der Waals surface area (Å²) < 4.78 is 60.8. The Bertz CT molecular complexity index is 2110. The Kier molecular flexibility index (Phi) is 61.2. The van der Waals surface area contributed by atoms with Crippen molar-refractivity contribution in [1.29, 1.82) is 0 Å². The molecule has 5 atom stereocenters. The van der Waals surface area contributed by atoms with Crippen LogP contribution in [0.25, 0.3) is 0 Å². The Labute approximate surface area is 538 Å². The van der Waals surface area contributed by atoms with Crippen LogP contribution in [0.15, 0.2) is 122 Å². The van der Waals surface area contributed by atoms with Crippen LogP contribution in [-0.4, -0.2) is 95.9 Å². The van der Waals surface area contributed by atoms with Crippen LogP contribution >= 0.6 is 15.6 Å². The number of phosphoric ester groups is 2. The van der Waals surface area contributed by atoms with Crippen LogP contribution in [0.5, 0.6) is 0 Å². The van der Waals surface area contributed by atoms with E-state index in [4.69, 9.17) is 32.3 Å². The van der Waals surface area contributed by atoms with Gasteiger partial charge in [0.05, 0.1) is 26.4 Å². The van der Waals surface area contributed by atoms with Crippen molar-refractivity contribution in [3.05, 3.63) is 122 Å². The van der Waals surface area contributed by atoms with Crippen LogP contribution in [0, 0.1) is 0 Å². The summed E-state index contributed by atoms with van der Waals surface area (Å²) in [6.07, 6.45) is 72.4. The molecule has 5 unspecified atom stereocenters. The molecule has 0 aromatic carbocycles. The number of hydrogen-bond acceptors (Lipinski definition) is 14. The highest BCUT2D eigenvalue weighted by Gasteiger charge is 2.29. The number of aliphatic hydroxyl groups is 2. The maximum Gasteiger partial charge on any atom is 0.472 e. The first-order valence-corrected chi connectivity index (χ1v) is 36.8. The molecule has 0 aromatic heterocycles. The molecule has 18 heteroatoms. The van der Waals surface area contributed by atoms with Crippen molar-refractivity contribution in [2.24, 2.45) is 0 Å². The Balaban J connectivity index is 4.72. The van der Waals surface area contributed by atoms with E-state index in [0.717, 1.165) is 173 Å². The molecule has 0 aliphatic rings. The van der Waals surface area contributed by atoms with E-state index < -0.39 is 91.5 Å². The summed E-state index contributed by atoms with van der Waals surface area (Å²) in [7, 11) is -9.79. The maximum absolute atomic E-state index is 12.9. The predicted molar refractivity (Wildman–Crippen MR) is 362 cm³/mol. The lowest BCUT2D eigenvalue weighted by Gasteiger charge is -2.21. The number of carbonyl (C=O) groups is 3. The number of hydrogen-bond donors (Lipinski definition) is 4. The molecule has 16 nitrogen and oxygen atoms in total. The Hall–Kier alpha value is -4.05. The Morgan fingerprint density at radius 3 is 0.944 bits per heavy atom. The van der Waals surface area contributed by atoms with Crippen molar-refractivity contribution in [2.45, 2.75) is 270 Å². The lowest BCUT2D eigenvalue weighted by Crippen LogP contribution is -2.30. The molecule has 0 radical (unpaired) electrons. The summed E-state index contributed by atoms with van der Waals surface area (Å²) in [6.45, 7) is 2.35. The van der Waals surface area contributed by atoms with E-state index in [-0.39, 0.29) is 19.3 Å². The molecule has 0 spiro atoms. The third kappa shape index (κ3) is 65.3. The van der Waals surface area contributed by atoms with Crippen molar-refractivity contribution in [3.63, 3.8) is 0 Å². The normalized spacial score (nSPS) is 15.0. The summed E-state index contributed by atoms with van der Waals surface area (Å²) in [4.78, 5) is 58.4. The van der Waals surface area contributed by atoms with Gasteiger partial charge in [-0.2, -0.15) is 0 Å². The average Bonchev–Trinajstić information content (AvgIpc) is 3.54. The highest BCUT2D eigenvalue weighted by Crippen LogP contribution is 2.45. The van der Waals surface area contributed by atoms with Gasteiger partial charge >= 0.3 is 33.6 Å². The number of phosphoric acid groups is 2. The van der Waals surface area contributed by atoms with Gasteiger partial charge in [-0.25, -0.2) is 9.13 Å². The number of rotatable bonds is 63. The maximum atomic E-state index is 12.9. The van der Waals surface area contributed by atoms with Gasteiger partial charge in [-0.05, 0) is 128 Å². The van der Waals surface area contributed by atoms with Gasteiger partial charge in [0, 0.05) is 19.3 Å². The minimum atomic E-state index is -4.94. The fourth-order valence-electron chi connectivity index (χ4n) is 8.52. The van der Waals surface area contributed by atoms with E-state index in [2.05, 4.69) is 142 Å². The standard InChI is InChI=1S/C71H120O16P2/c1-4-7-10-13-16-19-22-25-28-30-32-34-37-39-42-45-48-51-54-57-69(74)81-60-66(72)61-83-88(77,78)84-62-67(73)63-85-89(79,80)86-65-68(87-71(76)59-56-53-50-47-44-41-36-27-24-21-18-15-12-9-6-3)64-82-70(75)58-55-52-49-46-43-40-38-35-33-31-29-26-23-20-17-14-11-8-5-2/h7,9-10,12,16-21,25-29,32-36,66-68,72-73H,4-6,8,11,13-15,22-24,30-31,37-65H2,1-3H3,(H,77,78)(H,79,80)/b10-7-,12-9-,19-16-,20-17-,21-18-,28-25-,29-26-,34-32-,35-33-,36-27-. The second-order valence-electron chi connectivity index (χ2n) is 22.2. The van der Waals surface area contributed by atoms with Crippen molar-refractivity contribution in [1.82, 2.24) is 0 Å². The van der Waals surface area contributed by atoms with Gasteiger partial charge in [-0.1, -0.05) is 226 Å². The quantitative estimate of drug-likeness (QED) is 0.0146. The van der Waals surface area contributed by atoms with Crippen LogP contribution in [0.3, 0.4) is 0 Å². The summed E-state index contributed by atoms with van der Waals surface area (Å²) in [5.74, 6) is -1.63. The van der Waals surface area contributed by atoms with Gasteiger partial charge < -0.3 is 34.2 Å².